The van der Waals surface area contributed by atoms with Crippen molar-refractivity contribution in [3.8, 4) is 11.5 Å². The molecule has 0 atom stereocenters. The number of hydrogen-bond donors (Lipinski definition) is 2. The van der Waals surface area contributed by atoms with Crippen molar-refractivity contribution in [1.29, 1.82) is 0 Å². The summed E-state index contributed by atoms with van der Waals surface area (Å²) in [4.78, 5) is 11.5. The number of ether oxygens (including phenoxy) is 2. The first-order chi connectivity index (χ1) is 15.6. The fraction of sp³-hybridized carbons (Fsp3) is 0.304. The average molecular weight is 441 g/mol. The van der Waals surface area contributed by atoms with E-state index >= 15 is 0 Å². The number of nitrogens with one attached hydrogen (secondary N) is 2. The number of nitrogens with zero attached hydrogens (tertiary/aromatic N) is 3. The molecule has 1 saturated heterocycles. The maximum absolute atomic E-state index is 12.4. The average Bonchev–Trinajstić information content (AvgIpc) is 2.81. The molecule has 3 aromatic rings. The van der Waals surface area contributed by atoms with E-state index in [9.17, 15) is 8.78 Å². The van der Waals surface area contributed by atoms with Gasteiger partial charge in [0.2, 0.25) is 5.95 Å². The highest BCUT2D eigenvalue weighted by Gasteiger charge is 2.15. The van der Waals surface area contributed by atoms with Crippen LogP contribution in [0.5, 0.6) is 11.5 Å². The highest BCUT2D eigenvalue weighted by molar-refractivity contribution is 5.64. The van der Waals surface area contributed by atoms with Gasteiger partial charge in [0.1, 0.15) is 23.1 Å². The number of anilines is 5. The van der Waals surface area contributed by atoms with Gasteiger partial charge in [0.25, 0.3) is 0 Å². The Bertz CT molecular complexity index is 1010. The van der Waals surface area contributed by atoms with Gasteiger partial charge < -0.3 is 25.0 Å². The van der Waals surface area contributed by atoms with E-state index in [1.807, 2.05) is 30.3 Å². The van der Waals surface area contributed by atoms with Crippen molar-refractivity contribution in [1.82, 2.24) is 9.97 Å². The fourth-order valence-electron chi connectivity index (χ4n) is 3.51. The van der Waals surface area contributed by atoms with Crippen LogP contribution in [-0.4, -0.2) is 36.8 Å². The quantitative estimate of drug-likeness (QED) is 0.474. The molecule has 2 aromatic carbocycles. The zero-order chi connectivity index (χ0) is 22.3. The molecule has 0 saturated carbocycles. The van der Waals surface area contributed by atoms with E-state index < -0.39 is 6.61 Å². The van der Waals surface area contributed by atoms with Gasteiger partial charge in [-0.25, -0.2) is 0 Å². The SMILES string of the molecule is COc1ccc(Nc2nc(Nc3ccc(OC(F)F)cc3)cc(N3CCCCC3)n2)cc1. The number of rotatable bonds is 8. The lowest BCUT2D eigenvalue weighted by Crippen LogP contribution is -2.30. The summed E-state index contributed by atoms with van der Waals surface area (Å²) in [5, 5.41) is 6.47. The Morgan fingerprint density at radius 2 is 1.47 bits per heavy atom. The summed E-state index contributed by atoms with van der Waals surface area (Å²) in [6, 6.07) is 15.7. The van der Waals surface area contributed by atoms with Crippen molar-refractivity contribution in [3.05, 3.63) is 54.6 Å². The molecule has 2 heterocycles. The topological polar surface area (TPSA) is 71.5 Å². The number of halogens is 2. The summed E-state index contributed by atoms with van der Waals surface area (Å²) < 4.78 is 34.4. The van der Waals surface area contributed by atoms with Crippen molar-refractivity contribution >= 4 is 29.0 Å². The van der Waals surface area contributed by atoms with Crippen LogP contribution < -0.4 is 25.0 Å². The Balaban J connectivity index is 1.57. The number of hydrogen-bond acceptors (Lipinski definition) is 7. The molecule has 0 unspecified atom stereocenters. The molecule has 1 aliphatic rings. The summed E-state index contributed by atoms with van der Waals surface area (Å²) in [5.41, 5.74) is 1.53. The Hall–Kier alpha value is -3.62. The van der Waals surface area contributed by atoms with Crippen molar-refractivity contribution in [3.63, 3.8) is 0 Å². The predicted molar refractivity (Wildman–Crippen MR) is 121 cm³/mol. The number of methoxy groups -OCH3 is 1. The lowest BCUT2D eigenvalue weighted by Gasteiger charge is -2.28. The van der Waals surface area contributed by atoms with Crippen LogP contribution >= 0.6 is 0 Å². The number of benzene rings is 2. The zero-order valence-corrected chi connectivity index (χ0v) is 17.7. The van der Waals surface area contributed by atoms with E-state index in [0.29, 0.717) is 17.5 Å². The second-order valence-electron chi connectivity index (χ2n) is 7.36. The first-order valence-corrected chi connectivity index (χ1v) is 10.5. The summed E-state index contributed by atoms with van der Waals surface area (Å²) in [7, 11) is 1.62. The van der Waals surface area contributed by atoms with E-state index in [0.717, 1.165) is 43.2 Å². The lowest BCUT2D eigenvalue weighted by atomic mass is 10.1. The fourth-order valence-corrected chi connectivity index (χ4v) is 3.51. The number of alkyl halides is 2. The van der Waals surface area contributed by atoms with Gasteiger partial charge in [-0.1, -0.05) is 0 Å². The lowest BCUT2D eigenvalue weighted by molar-refractivity contribution is -0.0498. The van der Waals surface area contributed by atoms with Crippen LogP contribution in [0.4, 0.5) is 37.7 Å². The minimum absolute atomic E-state index is 0.101. The van der Waals surface area contributed by atoms with Crippen molar-refractivity contribution in [2.24, 2.45) is 0 Å². The molecule has 0 bridgehead atoms. The summed E-state index contributed by atoms with van der Waals surface area (Å²) in [6.07, 6.45) is 3.47. The molecule has 4 rings (SSSR count). The molecule has 32 heavy (non-hydrogen) atoms. The molecule has 7 nitrogen and oxygen atoms in total. The van der Waals surface area contributed by atoms with E-state index in [1.165, 1.54) is 18.6 Å². The molecule has 0 aliphatic carbocycles. The van der Waals surface area contributed by atoms with Crippen molar-refractivity contribution in [2.75, 3.05) is 35.7 Å². The van der Waals surface area contributed by atoms with E-state index in [-0.39, 0.29) is 5.75 Å². The van der Waals surface area contributed by atoms with Crippen LogP contribution in [-0.2, 0) is 0 Å². The molecule has 1 fully saturated rings. The highest BCUT2D eigenvalue weighted by atomic mass is 19.3. The van der Waals surface area contributed by atoms with Crippen LogP contribution in [0.1, 0.15) is 19.3 Å². The molecule has 168 valence electrons. The predicted octanol–water partition coefficient (Wildman–Crippen LogP) is 5.56. The minimum Gasteiger partial charge on any atom is -0.497 e. The van der Waals surface area contributed by atoms with E-state index in [1.54, 1.807) is 19.2 Å². The smallest absolute Gasteiger partial charge is 0.387 e. The number of aromatic nitrogens is 2. The van der Waals surface area contributed by atoms with E-state index in [2.05, 4.69) is 25.3 Å². The third-order valence-electron chi connectivity index (χ3n) is 5.09. The van der Waals surface area contributed by atoms with Gasteiger partial charge in [-0.15, -0.1) is 0 Å². The summed E-state index contributed by atoms with van der Waals surface area (Å²) in [5.74, 6) is 2.75. The van der Waals surface area contributed by atoms with Gasteiger partial charge in [0.15, 0.2) is 0 Å². The highest BCUT2D eigenvalue weighted by Crippen LogP contribution is 2.27. The van der Waals surface area contributed by atoms with Gasteiger partial charge in [-0.05, 0) is 67.8 Å². The van der Waals surface area contributed by atoms with E-state index in [4.69, 9.17) is 9.72 Å². The molecule has 0 spiro atoms. The Kier molecular flexibility index (Phi) is 6.84. The van der Waals surface area contributed by atoms with Crippen LogP contribution in [0.3, 0.4) is 0 Å². The largest absolute Gasteiger partial charge is 0.497 e. The van der Waals surface area contributed by atoms with Gasteiger partial charge >= 0.3 is 6.61 Å². The van der Waals surface area contributed by atoms with Crippen LogP contribution in [0, 0.1) is 0 Å². The van der Waals surface area contributed by atoms with Crippen LogP contribution in [0.15, 0.2) is 54.6 Å². The van der Waals surface area contributed by atoms with Crippen molar-refractivity contribution < 1.29 is 18.3 Å². The van der Waals surface area contributed by atoms with Crippen molar-refractivity contribution in [2.45, 2.75) is 25.9 Å². The second kappa shape index (κ2) is 10.1. The second-order valence-corrected chi connectivity index (χ2v) is 7.36. The Morgan fingerprint density at radius 3 is 2.09 bits per heavy atom. The normalized spacial score (nSPS) is 13.7. The zero-order valence-electron chi connectivity index (χ0n) is 17.7. The molecule has 0 radical (unpaired) electrons. The van der Waals surface area contributed by atoms with Gasteiger partial charge in [-0.2, -0.15) is 18.7 Å². The standard InChI is InChI=1S/C23H25F2N5O2/c1-31-18-9-5-17(6-10-18)27-23-28-20(15-21(29-23)30-13-3-2-4-14-30)26-16-7-11-19(12-8-16)32-22(24)25/h5-12,15,22H,2-4,13-14H2,1H3,(H2,26,27,28,29). The first-order valence-electron chi connectivity index (χ1n) is 10.5. The molecular formula is C23H25F2N5O2. The maximum Gasteiger partial charge on any atom is 0.387 e. The van der Waals surface area contributed by atoms with Crippen LogP contribution in [0.25, 0.3) is 0 Å². The third-order valence-corrected chi connectivity index (χ3v) is 5.09. The van der Waals surface area contributed by atoms with Gasteiger partial charge in [0, 0.05) is 30.5 Å². The molecule has 0 amide bonds. The molecule has 1 aromatic heterocycles. The van der Waals surface area contributed by atoms with Gasteiger partial charge in [-0.3, -0.25) is 0 Å². The van der Waals surface area contributed by atoms with Gasteiger partial charge in [0.05, 0.1) is 7.11 Å². The summed E-state index contributed by atoms with van der Waals surface area (Å²) in [6.45, 7) is -0.967. The third kappa shape index (κ3) is 5.75. The van der Waals surface area contributed by atoms with Crippen LogP contribution in [0.2, 0.25) is 0 Å². The Labute approximate surface area is 185 Å². The number of piperidine rings is 1. The molecule has 1 aliphatic heterocycles. The molecular weight excluding hydrogens is 416 g/mol. The monoisotopic (exact) mass is 441 g/mol. The minimum atomic E-state index is -2.85. The molecule has 2 N–H and O–H groups in total. The first kappa shape index (κ1) is 21.6. The maximum atomic E-state index is 12.4. The molecule has 9 heteroatoms. The summed E-state index contributed by atoms with van der Waals surface area (Å²) >= 11 is 0. The Morgan fingerprint density at radius 1 is 0.844 bits per heavy atom.